The fourth-order valence-corrected chi connectivity index (χ4v) is 3.22. The molecule has 1 fully saturated rings. The summed E-state index contributed by atoms with van der Waals surface area (Å²) in [6.07, 6.45) is 7.17. The summed E-state index contributed by atoms with van der Waals surface area (Å²) < 4.78 is 5.92. The van der Waals surface area contributed by atoms with Crippen molar-refractivity contribution >= 4 is 11.9 Å². The third kappa shape index (κ3) is 5.28. The number of rotatable bonds is 7. The van der Waals surface area contributed by atoms with Crippen molar-refractivity contribution in [3.63, 3.8) is 0 Å². The van der Waals surface area contributed by atoms with E-state index in [4.69, 9.17) is 10.2 Å². The van der Waals surface area contributed by atoms with Crippen molar-refractivity contribution in [1.29, 1.82) is 0 Å². The molecule has 6 heteroatoms. The van der Waals surface area contributed by atoms with Crippen LogP contribution in [0.1, 0.15) is 69.4 Å². The van der Waals surface area contributed by atoms with Crippen LogP contribution in [0, 0.1) is 0 Å². The van der Waals surface area contributed by atoms with Gasteiger partial charge in [-0.2, -0.15) is 0 Å². The maximum Gasteiger partial charge on any atom is 0.312 e. The second kappa shape index (κ2) is 9.35. The molecule has 1 aromatic rings. The van der Waals surface area contributed by atoms with E-state index in [0.29, 0.717) is 13.0 Å². The van der Waals surface area contributed by atoms with Gasteiger partial charge in [-0.1, -0.05) is 19.8 Å². The summed E-state index contributed by atoms with van der Waals surface area (Å²) in [5.74, 6) is 2.06. The van der Waals surface area contributed by atoms with E-state index in [1.54, 1.807) is 0 Å². The van der Waals surface area contributed by atoms with Crippen LogP contribution < -0.4 is 11.1 Å². The molecular weight excluding hydrogens is 306 g/mol. The minimum atomic E-state index is -0.515. The van der Waals surface area contributed by atoms with Crippen LogP contribution >= 0.6 is 0 Å². The SMILES string of the molecule is CCc1ccc([C@@H]2CCCCCN2C(=O)CCCCNC(N)=O)o1. The van der Waals surface area contributed by atoms with Gasteiger partial charge in [0.15, 0.2) is 0 Å². The number of aryl methyl sites for hydroxylation is 1. The average molecular weight is 335 g/mol. The molecule has 134 valence electrons. The number of urea groups is 1. The molecule has 1 atom stereocenters. The minimum absolute atomic E-state index is 0.0593. The van der Waals surface area contributed by atoms with E-state index in [1.165, 1.54) is 0 Å². The Labute approximate surface area is 143 Å². The third-order valence-corrected chi connectivity index (χ3v) is 4.55. The van der Waals surface area contributed by atoms with E-state index in [9.17, 15) is 9.59 Å². The number of primary amides is 1. The van der Waals surface area contributed by atoms with Crippen molar-refractivity contribution in [3.8, 4) is 0 Å². The van der Waals surface area contributed by atoms with Crippen LogP contribution in [0.2, 0.25) is 0 Å². The number of carbonyl (C=O) groups excluding carboxylic acids is 2. The highest BCUT2D eigenvalue weighted by atomic mass is 16.3. The Bertz CT molecular complexity index is 541. The molecule has 0 bridgehead atoms. The lowest BCUT2D eigenvalue weighted by molar-refractivity contribution is -0.134. The number of furan rings is 1. The first-order valence-corrected chi connectivity index (χ1v) is 9.03. The molecule has 1 aliphatic rings. The van der Waals surface area contributed by atoms with Crippen molar-refractivity contribution in [3.05, 3.63) is 23.7 Å². The molecule has 2 rings (SSSR count). The van der Waals surface area contributed by atoms with Crippen LogP contribution in [0.25, 0.3) is 0 Å². The quantitative estimate of drug-likeness (QED) is 0.750. The van der Waals surface area contributed by atoms with E-state index in [2.05, 4.69) is 12.2 Å². The Morgan fingerprint density at radius 2 is 2.12 bits per heavy atom. The van der Waals surface area contributed by atoms with E-state index < -0.39 is 6.03 Å². The van der Waals surface area contributed by atoms with Gasteiger partial charge >= 0.3 is 6.03 Å². The third-order valence-electron chi connectivity index (χ3n) is 4.55. The van der Waals surface area contributed by atoms with Gasteiger partial charge in [0.1, 0.15) is 11.5 Å². The lowest BCUT2D eigenvalue weighted by Gasteiger charge is -2.29. The Hall–Kier alpha value is -1.98. The number of unbranched alkanes of at least 4 members (excludes halogenated alkanes) is 1. The molecular formula is C18H29N3O3. The van der Waals surface area contributed by atoms with Crippen LogP contribution in [0.5, 0.6) is 0 Å². The first kappa shape index (κ1) is 18.4. The highest BCUT2D eigenvalue weighted by molar-refractivity contribution is 5.76. The summed E-state index contributed by atoms with van der Waals surface area (Å²) in [5, 5.41) is 2.55. The molecule has 1 aliphatic heterocycles. The summed E-state index contributed by atoms with van der Waals surface area (Å²) in [4.78, 5) is 25.3. The second-order valence-corrected chi connectivity index (χ2v) is 6.36. The Morgan fingerprint density at radius 3 is 2.83 bits per heavy atom. The molecule has 0 aliphatic carbocycles. The van der Waals surface area contributed by atoms with Gasteiger partial charge in [-0.3, -0.25) is 4.79 Å². The normalized spacial score (nSPS) is 18.2. The van der Waals surface area contributed by atoms with Crippen LogP contribution in [0.15, 0.2) is 16.5 Å². The van der Waals surface area contributed by atoms with Crippen LogP contribution in [0.3, 0.4) is 0 Å². The summed E-state index contributed by atoms with van der Waals surface area (Å²) >= 11 is 0. The lowest BCUT2D eigenvalue weighted by atomic mass is 10.1. The zero-order valence-corrected chi connectivity index (χ0v) is 14.6. The molecule has 0 saturated carbocycles. The molecule has 0 aromatic carbocycles. The van der Waals surface area contributed by atoms with Gasteiger partial charge in [0.05, 0.1) is 6.04 Å². The monoisotopic (exact) mass is 335 g/mol. The number of amides is 3. The van der Waals surface area contributed by atoms with Gasteiger partial charge in [-0.15, -0.1) is 0 Å². The average Bonchev–Trinajstić information content (AvgIpc) is 2.90. The van der Waals surface area contributed by atoms with E-state index in [-0.39, 0.29) is 11.9 Å². The van der Waals surface area contributed by atoms with Crippen molar-refractivity contribution < 1.29 is 14.0 Å². The van der Waals surface area contributed by atoms with E-state index in [0.717, 1.165) is 63.0 Å². The molecule has 3 N–H and O–H groups in total. The summed E-state index contributed by atoms with van der Waals surface area (Å²) in [6, 6.07) is 3.58. The molecule has 0 unspecified atom stereocenters. The number of carbonyl (C=O) groups is 2. The van der Waals surface area contributed by atoms with Crippen molar-refractivity contribution in [2.24, 2.45) is 5.73 Å². The number of nitrogens with two attached hydrogens (primary N) is 1. The number of likely N-dealkylation sites (tertiary alicyclic amines) is 1. The summed E-state index contributed by atoms with van der Waals surface area (Å²) in [5.41, 5.74) is 5.03. The predicted octanol–water partition coefficient (Wildman–Crippen LogP) is 3.12. The molecule has 1 aromatic heterocycles. The van der Waals surface area contributed by atoms with Crippen LogP contribution in [0.4, 0.5) is 4.79 Å². The zero-order chi connectivity index (χ0) is 17.4. The first-order valence-electron chi connectivity index (χ1n) is 9.03. The minimum Gasteiger partial charge on any atom is -0.464 e. The fourth-order valence-electron chi connectivity index (χ4n) is 3.22. The maximum absolute atomic E-state index is 12.7. The maximum atomic E-state index is 12.7. The second-order valence-electron chi connectivity index (χ2n) is 6.36. The molecule has 0 spiro atoms. The number of nitrogens with one attached hydrogen (secondary N) is 1. The van der Waals surface area contributed by atoms with Gasteiger partial charge in [0.2, 0.25) is 5.91 Å². The summed E-state index contributed by atoms with van der Waals surface area (Å²) in [7, 11) is 0. The Morgan fingerprint density at radius 1 is 1.29 bits per heavy atom. The van der Waals surface area contributed by atoms with Crippen LogP contribution in [-0.4, -0.2) is 29.9 Å². The van der Waals surface area contributed by atoms with Gasteiger partial charge in [0.25, 0.3) is 0 Å². The predicted molar refractivity (Wildman–Crippen MR) is 92.4 cm³/mol. The molecule has 2 heterocycles. The molecule has 0 radical (unpaired) electrons. The molecule has 1 saturated heterocycles. The number of hydrogen-bond donors (Lipinski definition) is 2. The lowest BCUT2D eigenvalue weighted by Crippen LogP contribution is -2.34. The highest BCUT2D eigenvalue weighted by Gasteiger charge is 2.28. The molecule has 3 amide bonds. The summed E-state index contributed by atoms with van der Waals surface area (Å²) in [6.45, 7) is 3.38. The van der Waals surface area contributed by atoms with Crippen molar-refractivity contribution in [2.75, 3.05) is 13.1 Å². The molecule has 24 heavy (non-hydrogen) atoms. The van der Waals surface area contributed by atoms with E-state index in [1.807, 2.05) is 17.0 Å². The van der Waals surface area contributed by atoms with Gasteiger partial charge in [0, 0.05) is 25.9 Å². The van der Waals surface area contributed by atoms with Crippen LogP contribution in [-0.2, 0) is 11.2 Å². The topological polar surface area (TPSA) is 88.6 Å². The van der Waals surface area contributed by atoms with Gasteiger partial charge < -0.3 is 20.4 Å². The van der Waals surface area contributed by atoms with E-state index >= 15 is 0 Å². The number of hydrogen-bond acceptors (Lipinski definition) is 3. The first-order chi connectivity index (χ1) is 11.6. The smallest absolute Gasteiger partial charge is 0.312 e. The van der Waals surface area contributed by atoms with Crippen molar-refractivity contribution in [2.45, 2.75) is 64.3 Å². The van der Waals surface area contributed by atoms with Crippen molar-refractivity contribution in [1.82, 2.24) is 10.2 Å². The Kier molecular flexibility index (Phi) is 7.15. The van der Waals surface area contributed by atoms with Gasteiger partial charge in [-0.05, 0) is 37.8 Å². The fraction of sp³-hybridized carbons (Fsp3) is 0.667. The Balaban J connectivity index is 1.92. The molecule has 6 nitrogen and oxygen atoms in total. The zero-order valence-electron chi connectivity index (χ0n) is 14.6. The standard InChI is InChI=1S/C18H29N3O3/c1-2-14-10-11-16(24-14)15-8-4-3-7-13-21(15)17(22)9-5-6-12-20-18(19)23/h10-11,15H,2-9,12-13H2,1H3,(H3,19,20,23)/t15-/m0/s1. The largest absolute Gasteiger partial charge is 0.464 e. The highest BCUT2D eigenvalue weighted by Crippen LogP contribution is 2.32. The number of nitrogens with zero attached hydrogens (tertiary/aromatic N) is 1. The van der Waals surface area contributed by atoms with Gasteiger partial charge in [-0.25, -0.2) is 4.79 Å².